The molecule has 0 aromatic heterocycles. The molecule has 2 heterocycles. The summed E-state index contributed by atoms with van der Waals surface area (Å²) in [5.41, 5.74) is 11.0. The van der Waals surface area contributed by atoms with Crippen LogP contribution in [0.25, 0.3) is 43.1 Å². The van der Waals surface area contributed by atoms with Crippen molar-refractivity contribution in [3.63, 3.8) is 0 Å². The molecule has 8 aromatic rings. The monoisotopic (exact) mass is 1060 g/mol. The Morgan fingerprint density at radius 3 is 1.57 bits per heavy atom. The van der Waals surface area contributed by atoms with E-state index in [-0.39, 0.29) is 35.3 Å². The van der Waals surface area contributed by atoms with Gasteiger partial charge in [0, 0.05) is 82.8 Å². The maximum absolute atomic E-state index is 13.8. The normalized spacial score (nSPS) is 12.6. The highest BCUT2D eigenvalue weighted by Gasteiger charge is 2.36. The number of aliphatic imine (C=N–C) groups is 1. The first kappa shape index (κ1) is 55.3. The molecule has 76 heavy (non-hydrogen) atoms. The zero-order valence-corrected chi connectivity index (χ0v) is 44.0. The Labute approximate surface area is 448 Å². The van der Waals surface area contributed by atoms with Crippen molar-refractivity contribution in [1.82, 2.24) is 19.6 Å². The van der Waals surface area contributed by atoms with E-state index in [0.717, 1.165) is 44.8 Å². The van der Waals surface area contributed by atoms with Gasteiger partial charge in [-0.2, -0.15) is 23.4 Å². The average molecular weight is 1060 g/mol. The number of nitrogens with one attached hydrogen (secondary N) is 2. The molecule has 0 bridgehead atoms. The second-order valence-electron chi connectivity index (χ2n) is 18.2. The number of nitrogens with zero attached hydrogens (tertiary/aromatic N) is 6. The maximum atomic E-state index is 13.8. The van der Waals surface area contributed by atoms with E-state index < -0.39 is 11.7 Å². The second kappa shape index (κ2) is 23.8. The van der Waals surface area contributed by atoms with E-state index in [1.807, 2.05) is 124 Å². The number of alkyl halides is 3. The van der Waals surface area contributed by atoms with E-state index in [1.54, 1.807) is 36.4 Å². The highest BCUT2D eigenvalue weighted by Crippen LogP contribution is 2.40. The van der Waals surface area contributed by atoms with Gasteiger partial charge in [-0.05, 0) is 154 Å². The standard InChI is InChI=1S/C28H23F3N4O2S.C20H19N3O2.C8H7NS.C2H3N/c1-34(2)13-14-35-25(36)20-7-3-5-16-15-17-6-4-8-21(23(17)24(22(16)20)26(35)37)33-27(38)32-19-11-9-18(10-12-19)28(29,30)31;1-22(2)9-10-23-19(24)14-7-3-5-12-11-13-6-4-8-15(21)17(13)18(16(12)14)20(23)25;1-7-2-4-8(5-3-7)9-6-10;1-2-3/h3-12,15H,13-14H2,1-2H3,(H2,32,33,38);3-8,11H,9-10,21H2,1-2H3;2-5H,1H3;1H3. The lowest BCUT2D eigenvalue weighted by molar-refractivity contribution is -0.137. The summed E-state index contributed by atoms with van der Waals surface area (Å²) in [4.78, 5) is 63.5. The van der Waals surface area contributed by atoms with Crippen LogP contribution in [0.5, 0.6) is 0 Å². The third-order valence-electron chi connectivity index (χ3n) is 12.4. The number of rotatable bonds is 9. The summed E-state index contributed by atoms with van der Waals surface area (Å²) in [6.07, 6.45) is -4.43. The Morgan fingerprint density at radius 1 is 0.645 bits per heavy atom. The molecule has 386 valence electrons. The number of isothiocyanates is 1. The number of carbonyl (C=O) groups excluding carboxylic acids is 4. The molecule has 13 nitrogen and oxygen atoms in total. The van der Waals surface area contributed by atoms with Crippen molar-refractivity contribution >= 4 is 124 Å². The van der Waals surface area contributed by atoms with Crippen LogP contribution in [0.2, 0.25) is 0 Å². The number of hydrogen-bond acceptors (Lipinski definition) is 11. The van der Waals surface area contributed by atoms with E-state index >= 15 is 0 Å². The Morgan fingerprint density at radius 2 is 1.09 bits per heavy atom. The van der Waals surface area contributed by atoms with Crippen molar-refractivity contribution in [1.29, 1.82) is 5.26 Å². The zero-order chi connectivity index (χ0) is 55.0. The number of nitrogens with two attached hydrogens (primary N) is 1. The lowest BCUT2D eigenvalue weighted by Gasteiger charge is -2.29. The van der Waals surface area contributed by atoms with Crippen molar-refractivity contribution in [2.45, 2.75) is 20.0 Å². The van der Waals surface area contributed by atoms with E-state index in [1.165, 1.54) is 34.4 Å². The Hall–Kier alpha value is -8.43. The van der Waals surface area contributed by atoms with Crippen LogP contribution in [0, 0.1) is 18.3 Å². The minimum atomic E-state index is -4.43. The first-order valence-electron chi connectivity index (χ1n) is 23.7. The first-order valence-corrected chi connectivity index (χ1v) is 24.5. The molecule has 10 rings (SSSR count). The molecule has 8 aromatic carbocycles. The van der Waals surface area contributed by atoms with Gasteiger partial charge in [-0.15, -0.1) is 0 Å². The van der Waals surface area contributed by atoms with E-state index in [0.29, 0.717) is 75.1 Å². The number of carbonyl (C=O) groups is 4. The molecule has 2 aliphatic heterocycles. The smallest absolute Gasteiger partial charge is 0.398 e. The number of imide groups is 2. The molecular weight excluding hydrogens is 1010 g/mol. The molecule has 4 N–H and O–H groups in total. The summed E-state index contributed by atoms with van der Waals surface area (Å²) >= 11 is 9.89. The lowest BCUT2D eigenvalue weighted by atomic mass is 9.89. The number of nitriles is 1. The second-order valence-corrected chi connectivity index (χ2v) is 18.8. The summed E-state index contributed by atoms with van der Waals surface area (Å²) in [7, 11) is 7.58. The number of amides is 4. The molecule has 18 heteroatoms. The van der Waals surface area contributed by atoms with Crippen LogP contribution >= 0.6 is 24.4 Å². The Bertz CT molecular complexity index is 3670. The average Bonchev–Trinajstić information content (AvgIpc) is 3.46. The molecule has 0 saturated heterocycles. The molecule has 0 radical (unpaired) electrons. The van der Waals surface area contributed by atoms with Crippen LogP contribution in [0.3, 0.4) is 0 Å². The van der Waals surface area contributed by atoms with Crippen LogP contribution in [0.15, 0.2) is 138 Å². The number of thiocarbonyl (C=S) groups is 2. The summed E-state index contributed by atoms with van der Waals surface area (Å²) in [5.74, 6) is -1.22. The summed E-state index contributed by atoms with van der Waals surface area (Å²) < 4.78 is 38.7. The third-order valence-corrected chi connectivity index (χ3v) is 12.7. The first-order chi connectivity index (χ1) is 36.3. The quantitative estimate of drug-likeness (QED) is 0.0412. The minimum absolute atomic E-state index is 0.140. The lowest BCUT2D eigenvalue weighted by Crippen LogP contribution is -2.43. The molecule has 0 spiro atoms. The minimum Gasteiger partial charge on any atom is -0.398 e. The van der Waals surface area contributed by atoms with Crippen LogP contribution in [0.4, 0.5) is 35.9 Å². The van der Waals surface area contributed by atoms with Gasteiger partial charge in [0.25, 0.3) is 23.6 Å². The van der Waals surface area contributed by atoms with Crippen molar-refractivity contribution in [2.75, 3.05) is 70.7 Å². The number of fused-ring (bicyclic) bond motifs is 4. The van der Waals surface area contributed by atoms with Gasteiger partial charge in [-0.1, -0.05) is 66.2 Å². The number of halogens is 3. The van der Waals surface area contributed by atoms with Crippen molar-refractivity contribution in [3.05, 3.63) is 167 Å². The molecule has 0 saturated carbocycles. The summed E-state index contributed by atoms with van der Waals surface area (Å²) in [6, 6.07) is 40.0. The van der Waals surface area contributed by atoms with Gasteiger partial charge in [0.15, 0.2) is 5.11 Å². The van der Waals surface area contributed by atoms with Crippen molar-refractivity contribution in [2.24, 2.45) is 4.99 Å². The summed E-state index contributed by atoms with van der Waals surface area (Å²) in [5, 5.41) is 21.8. The number of nitrogen functional groups attached to an aromatic ring is 1. The maximum Gasteiger partial charge on any atom is 0.416 e. The van der Waals surface area contributed by atoms with E-state index in [9.17, 15) is 32.3 Å². The van der Waals surface area contributed by atoms with Crippen LogP contribution in [0.1, 0.15) is 59.5 Å². The predicted molar refractivity (Wildman–Crippen MR) is 304 cm³/mol. The van der Waals surface area contributed by atoms with Crippen LogP contribution in [-0.2, 0) is 6.18 Å². The Kier molecular flexibility index (Phi) is 17.4. The molecule has 0 unspecified atom stereocenters. The van der Waals surface area contributed by atoms with Gasteiger partial charge in [-0.25, -0.2) is 0 Å². The van der Waals surface area contributed by atoms with E-state index in [4.69, 9.17) is 23.2 Å². The molecule has 0 aliphatic carbocycles. The fraction of sp³-hybridized carbons (Fsp3) is 0.190. The molecule has 4 amide bonds. The predicted octanol–water partition coefficient (Wildman–Crippen LogP) is 12.0. The number of likely N-dealkylation sites (N-methyl/N-ethyl adjacent to an activating group) is 2. The van der Waals surface area contributed by atoms with Gasteiger partial charge in [0.1, 0.15) is 0 Å². The zero-order valence-electron chi connectivity index (χ0n) is 42.4. The topological polar surface area (TPSA) is 167 Å². The number of benzene rings is 8. The highest BCUT2D eigenvalue weighted by molar-refractivity contribution is 7.80. The van der Waals surface area contributed by atoms with E-state index in [2.05, 4.69) is 33.0 Å². The number of hydrogen-bond donors (Lipinski definition) is 3. The molecule has 0 fully saturated rings. The SMILES string of the molecule is CC#N.CN(C)CCN1C(=O)c2cccc3cc4cccc(N)c4c(c23)C1=O.CN(C)CCN1C(=O)c2cccc3cc4cccc(NC(=S)Nc5ccc(C(F)(F)F)cc5)c4c(c23)C1=O.Cc1ccc(N=C=S)cc1. The van der Waals surface area contributed by atoms with Gasteiger partial charge < -0.3 is 26.2 Å². The molecule has 0 atom stereocenters. The Balaban J connectivity index is 0.000000188. The fourth-order valence-corrected chi connectivity index (χ4v) is 9.16. The van der Waals surface area contributed by atoms with Gasteiger partial charge >= 0.3 is 6.18 Å². The fourth-order valence-electron chi connectivity index (χ4n) is 8.83. The van der Waals surface area contributed by atoms with Gasteiger partial charge in [-0.3, -0.25) is 29.0 Å². The number of anilines is 3. The molecular formula is C58H52F3N9O4S2. The largest absolute Gasteiger partial charge is 0.416 e. The van der Waals surface area contributed by atoms with Crippen LogP contribution < -0.4 is 16.4 Å². The van der Waals surface area contributed by atoms with Crippen LogP contribution in [-0.4, -0.2) is 108 Å². The molecule has 2 aliphatic rings. The van der Waals surface area contributed by atoms with Crippen molar-refractivity contribution in [3.8, 4) is 6.07 Å². The summed E-state index contributed by atoms with van der Waals surface area (Å²) in [6.45, 7) is 5.18. The van der Waals surface area contributed by atoms with Gasteiger partial charge in [0.2, 0.25) is 0 Å². The highest BCUT2D eigenvalue weighted by atomic mass is 32.1. The third kappa shape index (κ3) is 12.1. The van der Waals surface area contributed by atoms with Gasteiger partial charge in [0.05, 0.1) is 33.6 Å². The van der Waals surface area contributed by atoms with Crippen molar-refractivity contribution < 1.29 is 32.3 Å². The number of aryl methyl sites for hydroxylation is 1.